The molecule has 6 heteroatoms. The zero-order valence-electron chi connectivity index (χ0n) is 12.7. The first-order valence-electron chi connectivity index (χ1n) is 7.38. The molecule has 6 nitrogen and oxygen atoms in total. The van der Waals surface area contributed by atoms with E-state index < -0.39 is 0 Å². The average Bonchev–Trinajstić information content (AvgIpc) is 2.54. The van der Waals surface area contributed by atoms with E-state index in [4.69, 9.17) is 0 Å². The normalized spacial score (nSPS) is 14.6. The Bertz CT molecular complexity index is 534. The topological polar surface area (TPSA) is 69.7 Å². The van der Waals surface area contributed by atoms with E-state index in [1.54, 1.807) is 9.80 Å². The van der Waals surface area contributed by atoms with E-state index in [2.05, 4.69) is 5.32 Å². The highest BCUT2D eigenvalue weighted by Crippen LogP contribution is 2.04. The molecule has 0 aromatic heterocycles. The molecule has 3 amide bonds. The molecule has 1 saturated heterocycles. The predicted molar refractivity (Wildman–Crippen MR) is 81.9 cm³/mol. The monoisotopic (exact) mass is 303 g/mol. The first-order valence-corrected chi connectivity index (χ1v) is 7.38. The molecule has 2 rings (SSSR count). The van der Waals surface area contributed by atoms with E-state index in [0.717, 1.165) is 12.0 Å². The van der Waals surface area contributed by atoms with Crippen molar-refractivity contribution >= 4 is 18.2 Å². The zero-order valence-corrected chi connectivity index (χ0v) is 12.7. The Morgan fingerprint density at radius 1 is 1.14 bits per heavy atom. The third-order valence-electron chi connectivity index (χ3n) is 3.74. The van der Waals surface area contributed by atoms with Crippen LogP contribution >= 0.6 is 0 Å². The van der Waals surface area contributed by atoms with Crippen LogP contribution in [-0.2, 0) is 20.9 Å². The van der Waals surface area contributed by atoms with Crippen LogP contribution in [0.15, 0.2) is 24.3 Å². The van der Waals surface area contributed by atoms with Gasteiger partial charge < -0.3 is 15.1 Å². The highest BCUT2D eigenvalue weighted by molar-refractivity contribution is 5.96. The van der Waals surface area contributed by atoms with Crippen molar-refractivity contribution in [3.63, 3.8) is 0 Å². The average molecular weight is 303 g/mol. The van der Waals surface area contributed by atoms with Crippen LogP contribution in [0, 0.1) is 6.92 Å². The second kappa shape index (κ2) is 7.59. The SMILES string of the molecule is Cc1ccc(CNC(=O)CC(=O)N2CCN(C=O)CC2)cc1. The maximum Gasteiger partial charge on any atom is 0.232 e. The number of carbonyl (C=O) groups is 3. The summed E-state index contributed by atoms with van der Waals surface area (Å²) in [5, 5.41) is 2.76. The number of benzene rings is 1. The van der Waals surface area contributed by atoms with Crippen molar-refractivity contribution in [2.45, 2.75) is 19.9 Å². The molecule has 0 aliphatic carbocycles. The van der Waals surface area contributed by atoms with Gasteiger partial charge in [-0.15, -0.1) is 0 Å². The summed E-state index contributed by atoms with van der Waals surface area (Å²) in [6.45, 7) is 4.46. The van der Waals surface area contributed by atoms with Crippen LogP contribution in [0.1, 0.15) is 17.5 Å². The minimum absolute atomic E-state index is 0.146. The smallest absolute Gasteiger partial charge is 0.232 e. The number of hydrogen-bond donors (Lipinski definition) is 1. The lowest BCUT2D eigenvalue weighted by Gasteiger charge is -2.32. The third kappa shape index (κ3) is 4.58. The summed E-state index contributed by atoms with van der Waals surface area (Å²) in [6, 6.07) is 7.88. The first-order chi connectivity index (χ1) is 10.6. The van der Waals surface area contributed by atoms with Gasteiger partial charge in [0.25, 0.3) is 0 Å². The largest absolute Gasteiger partial charge is 0.352 e. The Kier molecular flexibility index (Phi) is 5.52. The minimum Gasteiger partial charge on any atom is -0.352 e. The second-order valence-corrected chi connectivity index (χ2v) is 5.46. The van der Waals surface area contributed by atoms with Crippen LogP contribution in [0.3, 0.4) is 0 Å². The molecule has 1 fully saturated rings. The second-order valence-electron chi connectivity index (χ2n) is 5.46. The van der Waals surface area contributed by atoms with Gasteiger partial charge >= 0.3 is 0 Å². The molecule has 1 aromatic carbocycles. The van der Waals surface area contributed by atoms with E-state index in [1.165, 1.54) is 5.56 Å². The van der Waals surface area contributed by atoms with Crippen molar-refractivity contribution in [3.05, 3.63) is 35.4 Å². The fourth-order valence-electron chi connectivity index (χ4n) is 2.29. The van der Waals surface area contributed by atoms with Crippen molar-refractivity contribution in [1.82, 2.24) is 15.1 Å². The first kappa shape index (κ1) is 16.0. The van der Waals surface area contributed by atoms with Crippen molar-refractivity contribution < 1.29 is 14.4 Å². The van der Waals surface area contributed by atoms with Gasteiger partial charge in [-0.2, -0.15) is 0 Å². The maximum atomic E-state index is 12.0. The Hall–Kier alpha value is -2.37. The van der Waals surface area contributed by atoms with Gasteiger partial charge in [-0.3, -0.25) is 14.4 Å². The maximum absolute atomic E-state index is 12.0. The number of piperazine rings is 1. The van der Waals surface area contributed by atoms with Gasteiger partial charge in [0, 0.05) is 32.7 Å². The van der Waals surface area contributed by atoms with Gasteiger partial charge in [0.05, 0.1) is 0 Å². The summed E-state index contributed by atoms with van der Waals surface area (Å²) in [5.74, 6) is -0.463. The van der Waals surface area contributed by atoms with Crippen molar-refractivity contribution in [1.29, 1.82) is 0 Å². The Balaban J connectivity index is 1.73. The zero-order chi connectivity index (χ0) is 15.9. The van der Waals surface area contributed by atoms with Crippen LogP contribution in [0.4, 0.5) is 0 Å². The van der Waals surface area contributed by atoms with Crippen molar-refractivity contribution in [3.8, 4) is 0 Å². The summed E-state index contributed by atoms with van der Waals surface area (Å²) < 4.78 is 0. The molecule has 1 N–H and O–H groups in total. The van der Waals surface area contributed by atoms with Gasteiger partial charge in [0.15, 0.2) is 0 Å². The molecular formula is C16H21N3O3. The molecule has 0 unspecified atom stereocenters. The van der Waals surface area contributed by atoms with Crippen LogP contribution in [0.5, 0.6) is 0 Å². The highest BCUT2D eigenvalue weighted by Gasteiger charge is 2.21. The molecule has 0 atom stereocenters. The van der Waals surface area contributed by atoms with Gasteiger partial charge in [0.2, 0.25) is 18.2 Å². The van der Waals surface area contributed by atoms with E-state index >= 15 is 0 Å². The van der Waals surface area contributed by atoms with E-state index in [-0.39, 0.29) is 18.2 Å². The molecular weight excluding hydrogens is 282 g/mol. The molecule has 1 aromatic rings. The summed E-state index contributed by atoms with van der Waals surface area (Å²) in [6.07, 6.45) is 0.642. The number of nitrogens with zero attached hydrogens (tertiary/aromatic N) is 2. The van der Waals surface area contributed by atoms with Crippen LogP contribution in [-0.4, -0.2) is 54.2 Å². The number of aryl methyl sites for hydroxylation is 1. The minimum atomic E-state index is -0.275. The summed E-state index contributed by atoms with van der Waals surface area (Å²) >= 11 is 0. The number of nitrogens with one attached hydrogen (secondary N) is 1. The lowest BCUT2D eigenvalue weighted by Crippen LogP contribution is -2.48. The molecule has 0 radical (unpaired) electrons. The van der Waals surface area contributed by atoms with Crippen molar-refractivity contribution in [2.24, 2.45) is 0 Å². The number of carbonyl (C=O) groups excluding carboxylic acids is 3. The van der Waals surface area contributed by atoms with E-state index in [1.807, 2.05) is 31.2 Å². The Morgan fingerprint density at radius 2 is 1.77 bits per heavy atom. The third-order valence-corrected chi connectivity index (χ3v) is 3.74. The summed E-state index contributed by atoms with van der Waals surface area (Å²) in [5.41, 5.74) is 2.17. The van der Waals surface area contributed by atoms with E-state index in [9.17, 15) is 14.4 Å². The Labute approximate surface area is 130 Å². The summed E-state index contributed by atoms with van der Waals surface area (Å²) in [7, 11) is 0. The molecule has 1 heterocycles. The van der Waals surface area contributed by atoms with Gasteiger partial charge in [0.1, 0.15) is 6.42 Å². The van der Waals surface area contributed by atoms with Crippen LogP contribution < -0.4 is 5.32 Å². The molecule has 118 valence electrons. The molecule has 0 spiro atoms. The molecule has 22 heavy (non-hydrogen) atoms. The van der Waals surface area contributed by atoms with Crippen LogP contribution in [0.25, 0.3) is 0 Å². The van der Waals surface area contributed by atoms with E-state index in [0.29, 0.717) is 32.7 Å². The molecule has 0 saturated carbocycles. The Morgan fingerprint density at radius 3 is 2.36 bits per heavy atom. The summed E-state index contributed by atoms with van der Waals surface area (Å²) in [4.78, 5) is 37.7. The number of rotatable bonds is 5. The fourth-order valence-corrected chi connectivity index (χ4v) is 2.29. The molecule has 1 aliphatic rings. The lowest BCUT2D eigenvalue weighted by atomic mass is 10.1. The number of hydrogen-bond acceptors (Lipinski definition) is 3. The predicted octanol–water partition coefficient (Wildman–Crippen LogP) is 0.302. The van der Waals surface area contributed by atoms with Gasteiger partial charge in [-0.25, -0.2) is 0 Å². The molecule has 1 aliphatic heterocycles. The van der Waals surface area contributed by atoms with Crippen LogP contribution in [0.2, 0.25) is 0 Å². The highest BCUT2D eigenvalue weighted by atomic mass is 16.2. The van der Waals surface area contributed by atoms with Gasteiger partial charge in [-0.05, 0) is 12.5 Å². The number of amides is 3. The lowest BCUT2D eigenvalue weighted by molar-refractivity contribution is -0.139. The van der Waals surface area contributed by atoms with Crippen molar-refractivity contribution in [2.75, 3.05) is 26.2 Å². The fraction of sp³-hybridized carbons (Fsp3) is 0.438. The molecule has 0 bridgehead atoms. The standard InChI is InChI=1S/C16H21N3O3/c1-13-2-4-14(5-3-13)11-17-15(21)10-16(22)19-8-6-18(12-20)7-9-19/h2-5,12H,6-11H2,1H3,(H,17,21). The van der Waals surface area contributed by atoms with Gasteiger partial charge in [-0.1, -0.05) is 29.8 Å². The quantitative estimate of drug-likeness (QED) is 0.628.